The van der Waals surface area contributed by atoms with Crippen LogP contribution in [0.1, 0.15) is 44.9 Å². The van der Waals surface area contributed by atoms with Gasteiger partial charge in [-0.3, -0.25) is 4.79 Å². The first-order chi connectivity index (χ1) is 7.18. The summed E-state index contributed by atoms with van der Waals surface area (Å²) in [6.45, 7) is 0. The minimum atomic E-state index is -0.959. The number of rotatable bonds is 0. The number of carbonyl (C=O) groups is 1. The molecule has 1 heterocycles. The van der Waals surface area contributed by atoms with Crippen LogP contribution in [0.4, 0.5) is 0 Å². The Morgan fingerprint density at radius 1 is 1.33 bits per heavy atom. The van der Waals surface area contributed by atoms with E-state index in [0.29, 0.717) is 19.3 Å². The van der Waals surface area contributed by atoms with E-state index in [-0.39, 0.29) is 11.7 Å². The molecular formula is C12H16O3. The molecule has 0 aromatic heterocycles. The zero-order chi connectivity index (χ0) is 10.5. The van der Waals surface area contributed by atoms with E-state index in [9.17, 15) is 9.90 Å². The topological polar surface area (TPSA) is 46.5 Å². The molecule has 0 aromatic rings. The summed E-state index contributed by atoms with van der Waals surface area (Å²) < 4.78 is 5.63. The smallest absolute Gasteiger partial charge is 0.208 e. The largest absolute Gasteiger partial charge is 0.466 e. The van der Waals surface area contributed by atoms with Crippen LogP contribution in [-0.2, 0) is 9.53 Å². The van der Waals surface area contributed by atoms with Gasteiger partial charge in [0.2, 0.25) is 5.79 Å². The van der Waals surface area contributed by atoms with Crippen LogP contribution in [0.2, 0.25) is 0 Å². The summed E-state index contributed by atoms with van der Waals surface area (Å²) in [6, 6.07) is 0. The molecule has 2 unspecified atom stereocenters. The molecule has 3 nitrogen and oxygen atoms in total. The normalized spacial score (nSPS) is 39.8. The van der Waals surface area contributed by atoms with Crippen molar-refractivity contribution in [1.29, 1.82) is 0 Å². The second-order valence-electron chi connectivity index (χ2n) is 4.96. The van der Waals surface area contributed by atoms with Gasteiger partial charge < -0.3 is 9.84 Å². The molecule has 3 aliphatic rings. The number of allylic oxidation sites excluding steroid dienone is 2. The van der Waals surface area contributed by atoms with Crippen molar-refractivity contribution in [2.75, 3.05) is 0 Å². The number of fused-ring (bicyclic) bond motifs is 3. The maximum Gasteiger partial charge on any atom is 0.208 e. The van der Waals surface area contributed by atoms with Gasteiger partial charge in [-0.2, -0.15) is 0 Å². The van der Waals surface area contributed by atoms with Crippen molar-refractivity contribution in [3.63, 3.8) is 0 Å². The van der Waals surface area contributed by atoms with Crippen molar-refractivity contribution in [1.82, 2.24) is 0 Å². The Hall–Kier alpha value is -0.830. The van der Waals surface area contributed by atoms with Gasteiger partial charge in [-0.15, -0.1) is 0 Å². The summed E-state index contributed by atoms with van der Waals surface area (Å²) in [6.07, 6.45) is 5.71. The molecule has 1 N–H and O–H groups in total. The van der Waals surface area contributed by atoms with Gasteiger partial charge in [-0.05, 0) is 25.2 Å². The molecular weight excluding hydrogens is 192 g/mol. The van der Waals surface area contributed by atoms with Gasteiger partial charge in [-0.1, -0.05) is 0 Å². The van der Waals surface area contributed by atoms with Crippen LogP contribution >= 0.6 is 0 Å². The molecule has 1 aliphatic heterocycles. The highest BCUT2D eigenvalue weighted by molar-refractivity contribution is 5.97. The van der Waals surface area contributed by atoms with Crippen molar-refractivity contribution in [2.24, 2.45) is 5.92 Å². The summed E-state index contributed by atoms with van der Waals surface area (Å²) in [7, 11) is 0. The number of carbonyl (C=O) groups excluding carboxylic acids is 1. The molecule has 2 atom stereocenters. The standard InChI is InChI=1S/C12H16O3/c13-9-4-1-5-10-11(9)8-3-2-6-12(14,7-8)15-10/h8,14H,1-7H2. The molecule has 2 aliphatic carbocycles. The van der Waals surface area contributed by atoms with Crippen LogP contribution in [0.5, 0.6) is 0 Å². The first-order valence-electron chi connectivity index (χ1n) is 5.86. The minimum Gasteiger partial charge on any atom is -0.466 e. The lowest BCUT2D eigenvalue weighted by atomic mass is 9.74. The molecule has 3 heteroatoms. The number of Topliss-reactive ketones (excluding diaryl/α,β-unsaturated/α-hetero) is 1. The minimum absolute atomic E-state index is 0.255. The molecule has 0 radical (unpaired) electrons. The van der Waals surface area contributed by atoms with Crippen LogP contribution < -0.4 is 0 Å². The first-order valence-corrected chi connectivity index (χ1v) is 5.86. The fourth-order valence-electron chi connectivity index (χ4n) is 3.18. The van der Waals surface area contributed by atoms with Crippen LogP contribution in [0.15, 0.2) is 11.3 Å². The highest BCUT2D eigenvalue weighted by atomic mass is 16.6. The summed E-state index contributed by atoms with van der Waals surface area (Å²) >= 11 is 0. The fourth-order valence-corrected chi connectivity index (χ4v) is 3.18. The average Bonchev–Trinajstić information content (AvgIpc) is 2.16. The Morgan fingerprint density at radius 2 is 2.20 bits per heavy atom. The maximum absolute atomic E-state index is 11.8. The highest BCUT2D eigenvalue weighted by Crippen LogP contribution is 2.46. The molecule has 2 bridgehead atoms. The molecule has 82 valence electrons. The van der Waals surface area contributed by atoms with E-state index in [1.165, 1.54) is 0 Å². The summed E-state index contributed by atoms with van der Waals surface area (Å²) in [5, 5.41) is 10.2. The van der Waals surface area contributed by atoms with E-state index in [2.05, 4.69) is 0 Å². The van der Waals surface area contributed by atoms with E-state index < -0.39 is 5.79 Å². The number of aliphatic hydroxyl groups is 1. The fraction of sp³-hybridized carbons (Fsp3) is 0.750. The Bertz CT molecular complexity index is 345. The molecule has 1 fully saturated rings. The second kappa shape index (κ2) is 3.08. The summed E-state index contributed by atoms with van der Waals surface area (Å²) in [5.41, 5.74) is 0.908. The summed E-state index contributed by atoms with van der Waals surface area (Å²) in [5.74, 6) is 0.356. The Labute approximate surface area is 89.1 Å². The van der Waals surface area contributed by atoms with Gasteiger partial charge >= 0.3 is 0 Å². The third-order valence-electron chi connectivity index (χ3n) is 3.82. The zero-order valence-electron chi connectivity index (χ0n) is 8.79. The number of ketones is 1. The van der Waals surface area contributed by atoms with E-state index >= 15 is 0 Å². The molecule has 3 rings (SSSR count). The first kappa shape index (κ1) is 9.40. The monoisotopic (exact) mass is 208 g/mol. The molecule has 0 aromatic carbocycles. The average molecular weight is 208 g/mol. The lowest BCUT2D eigenvalue weighted by Crippen LogP contribution is -2.44. The number of ether oxygens (including phenoxy) is 1. The van der Waals surface area contributed by atoms with Gasteiger partial charge in [-0.25, -0.2) is 0 Å². The van der Waals surface area contributed by atoms with Crippen molar-refractivity contribution in [2.45, 2.75) is 50.7 Å². The van der Waals surface area contributed by atoms with Gasteiger partial charge in [0, 0.05) is 31.3 Å². The van der Waals surface area contributed by atoms with Crippen molar-refractivity contribution >= 4 is 5.78 Å². The van der Waals surface area contributed by atoms with Crippen LogP contribution in [0.3, 0.4) is 0 Å². The lowest BCUT2D eigenvalue weighted by molar-refractivity contribution is -0.216. The predicted octanol–water partition coefficient (Wildman–Crippen LogP) is 1.90. The van der Waals surface area contributed by atoms with Crippen LogP contribution in [0, 0.1) is 5.92 Å². The second-order valence-corrected chi connectivity index (χ2v) is 4.96. The molecule has 15 heavy (non-hydrogen) atoms. The zero-order valence-corrected chi connectivity index (χ0v) is 8.79. The Kier molecular flexibility index (Phi) is 1.93. The lowest BCUT2D eigenvalue weighted by Gasteiger charge is -2.44. The molecule has 0 spiro atoms. The quantitative estimate of drug-likeness (QED) is 0.661. The molecule has 1 saturated carbocycles. The van der Waals surface area contributed by atoms with Crippen LogP contribution in [0.25, 0.3) is 0 Å². The van der Waals surface area contributed by atoms with Crippen molar-refractivity contribution in [3.05, 3.63) is 11.3 Å². The number of hydrogen-bond donors (Lipinski definition) is 1. The van der Waals surface area contributed by atoms with Gasteiger partial charge in [0.15, 0.2) is 5.78 Å². The van der Waals surface area contributed by atoms with Gasteiger partial charge in [0.25, 0.3) is 0 Å². The number of hydrogen-bond acceptors (Lipinski definition) is 3. The van der Waals surface area contributed by atoms with E-state index in [1.807, 2.05) is 0 Å². The van der Waals surface area contributed by atoms with E-state index in [1.54, 1.807) is 0 Å². The highest BCUT2D eigenvalue weighted by Gasteiger charge is 2.45. The third kappa shape index (κ3) is 1.41. The van der Waals surface area contributed by atoms with Crippen molar-refractivity contribution < 1.29 is 14.6 Å². The van der Waals surface area contributed by atoms with Crippen LogP contribution in [-0.4, -0.2) is 16.7 Å². The van der Waals surface area contributed by atoms with Crippen molar-refractivity contribution in [3.8, 4) is 0 Å². The molecule has 0 saturated heterocycles. The summed E-state index contributed by atoms with van der Waals surface area (Å²) in [4.78, 5) is 11.8. The SMILES string of the molecule is O=C1CCCC2=C1C1CCCC(O)(C1)O2. The Morgan fingerprint density at radius 3 is 3.07 bits per heavy atom. The Balaban J connectivity index is 2.02. The van der Waals surface area contributed by atoms with E-state index in [4.69, 9.17) is 4.74 Å². The van der Waals surface area contributed by atoms with E-state index in [0.717, 1.165) is 37.0 Å². The van der Waals surface area contributed by atoms with Gasteiger partial charge in [0.05, 0.1) is 0 Å². The predicted molar refractivity (Wildman–Crippen MR) is 53.9 cm³/mol. The van der Waals surface area contributed by atoms with Gasteiger partial charge in [0.1, 0.15) is 5.76 Å². The maximum atomic E-state index is 11.8. The molecule has 0 amide bonds. The third-order valence-corrected chi connectivity index (χ3v) is 3.82.